The molecule has 8 nitrogen and oxygen atoms in total. The number of carbonyl (C=O) groups is 5. The van der Waals surface area contributed by atoms with Crippen molar-refractivity contribution in [3.8, 4) is 0 Å². The van der Waals surface area contributed by atoms with Crippen molar-refractivity contribution in [3.63, 3.8) is 0 Å². The molecule has 2 saturated carbocycles. The van der Waals surface area contributed by atoms with Gasteiger partial charge in [-0.05, 0) is 97.4 Å². The third-order valence-corrected chi connectivity index (χ3v) is 8.32. The van der Waals surface area contributed by atoms with Crippen LogP contribution in [-0.4, -0.2) is 43.0 Å². The van der Waals surface area contributed by atoms with Crippen LogP contribution in [0.5, 0.6) is 0 Å². The smallest absolute Gasteiger partial charge is 0.338 e. The standard InChI is InChI=1S/C18H22O4.C13H17NO2.C3H5ClO/c1-4-13(19)9-17(20)16-10-14(18(21)22-3)11(2)8-15(16)12-6-5-7-12;1-8-6-11(9-4-3-5-9)12(14)7-10(8)13(15)16-2;1-2-3(4)5/h8,10,12H,4-7,9H2,1-3H3;6-7,9H,3-5,14H2,1-2H3;2H2,1H3. The van der Waals surface area contributed by atoms with Gasteiger partial charge in [0.25, 0.3) is 0 Å². The molecule has 2 N–H and O–H groups in total. The number of esters is 2. The monoisotopic (exact) mass is 613 g/mol. The number of anilines is 1. The number of ketones is 2. The van der Waals surface area contributed by atoms with Gasteiger partial charge in [0, 0.05) is 24.1 Å². The fraction of sp³-hybridized carbons (Fsp3) is 0.500. The lowest BCUT2D eigenvalue weighted by atomic mass is 9.76. The predicted molar refractivity (Wildman–Crippen MR) is 168 cm³/mol. The Kier molecular flexibility index (Phi) is 14.1. The number of carbonyl (C=O) groups excluding carboxylic acids is 5. The number of nitrogen functional groups attached to an aromatic ring is 1. The molecule has 0 bridgehead atoms. The Morgan fingerprint density at radius 2 is 1.19 bits per heavy atom. The Morgan fingerprint density at radius 3 is 1.58 bits per heavy atom. The van der Waals surface area contributed by atoms with Crippen molar-refractivity contribution in [2.75, 3.05) is 20.0 Å². The normalized spacial score (nSPS) is 14.0. The highest BCUT2D eigenvalue weighted by molar-refractivity contribution is 6.63. The molecular weight excluding hydrogens is 570 g/mol. The highest BCUT2D eigenvalue weighted by Gasteiger charge is 2.27. The number of halogens is 1. The van der Waals surface area contributed by atoms with E-state index in [0.29, 0.717) is 41.4 Å². The first-order chi connectivity index (χ1) is 20.4. The van der Waals surface area contributed by atoms with Gasteiger partial charge in [-0.25, -0.2) is 9.59 Å². The summed E-state index contributed by atoms with van der Waals surface area (Å²) in [5, 5.41) is -0.273. The van der Waals surface area contributed by atoms with Crippen LogP contribution in [0.4, 0.5) is 5.69 Å². The van der Waals surface area contributed by atoms with Gasteiger partial charge in [0.05, 0.1) is 31.8 Å². The second-order valence-electron chi connectivity index (χ2n) is 11.0. The van der Waals surface area contributed by atoms with Gasteiger partial charge in [-0.2, -0.15) is 0 Å². The lowest BCUT2D eigenvalue weighted by Crippen LogP contribution is -2.18. The summed E-state index contributed by atoms with van der Waals surface area (Å²) in [7, 11) is 2.71. The fourth-order valence-electron chi connectivity index (χ4n) is 4.91. The largest absolute Gasteiger partial charge is 0.465 e. The molecule has 2 fully saturated rings. The first-order valence-corrected chi connectivity index (χ1v) is 15.2. The number of aryl methyl sites for hydroxylation is 2. The molecule has 2 aliphatic rings. The van der Waals surface area contributed by atoms with Gasteiger partial charge in [-0.3, -0.25) is 14.4 Å². The number of Topliss-reactive ketones (excluding diaryl/α,β-unsaturated/α-hetero) is 2. The first kappa shape index (κ1) is 35.7. The number of benzene rings is 2. The van der Waals surface area contributed by atoms with Crippen molar-refractivity contribution in [3.05, 3.63) is 63.2 Å². The molecule has 4 rings (SSSR count). The summed E-state index contributed by atoms with van der Waals surface area (Å²) in [5.74, 6) is -0.0898. The molecule has 0 spiro atoms. The van der Waals surface area contributed by atoms with E-state index in [1.807, 2.05) is 26.0 Å². The summed E-state index contributed by atoms with van der Waals surface area (Å²) in [6.45, 7) is 7.24. The van der Waals surface area contributed by atoms with Crippen molar-refractivity contribution in [2.24, 2.45) is 0 Å². The van der Waals surface area contributed by atoms with Crippen LogP contribution in [0.1, 0.15) is 137 Å². The summed E-state index contributed by atoms with van der Waals surface area (Å²) in [5.41, 5.74) is 12.1. The van der Waals surface area contributed by atoms with Crippen molar-refractivity contribution < 1.29 is 33.4 Å². The molecule has 2 aromatic rings. The summed E-state index contributed by atoms with van der Waals surface area (Å²) < 4.78 is 9.50. The quantitative estimate of drug-likeness (QED) is 0.102. The number of hydrogen-bond donors (Lipinski definition) is 1. The Hall–Kier alpha value is -3.52. The molecule has 9 heteroatoms. The van der Waals surface area contributed by atoms with Gasteiger partial charge in [0.2, 0.25) is 5.24 Å². The van der Waals surface area contributed by atoms with Gasteiger partial charge in [-0.1, -0.05) is 38.8 Å². The van der Waals surface area contributed by atoms with Crippen LogP contribution in [0.2, 0.25) is 0 Å². The lowest BCUT2D eigenvalue weighted by Gasteiger charge is -2.28. The van der Waals surface area contributed by atoms with Crippen molar-refractivity contribution in [1.29, 1.82) is 0 Å². The van der Waals surface area contributed by atoms with E-state index in [-0.39, 0.29) is 29.2 Å². The molecule has 2 aromatic carbocycles. The molecule has 43 heavy (non-hydrogen) atoms. The zero-order valence-corrected chi connectivity index (χ0v) is 26.9. The van der Waals surface area contributed by atoms with Crippen LogP contribution in [0.25, 0.3) is 0 Å². The summed E-state index contributed by atoms with van der Waals surface area (Å²) in [6.07, 6.45) is 7.65. The Morgan fingerprint density at radius 1 is 0.744 bits per heavy atom. The molecular formula is C34H44ClNO7. The SMILES string of the molecule is CCC(=O)CC(=O)c1cc(C(=O)OC)c(C)cc1C1CCC1.CCC(=O)Cl.COC(=O)c1cc(N)c(C2CCC2)cc1C. The average Bonchev–Trinajstić information content (AvgIpc) is 2.92. The zero-order valence-electron chi connectivity index (χ0n) is 26.1. The number of methoxy groups -OCH3 is 2. The molecule has 234 valence electrons. The summed E-state index contributed by atoms with van der Waals surface area (Å²) >= 11 is 4.82. The Balaban J connectivity index is 0.000000268. The summed E-state index contributed by atoms with van der Waals surface area (Å²) in [4.78, 5) is 57.0. The van der Waals surface area contributed by atoms with E-state index in [1.54, 1.807) is 26.0 Å². The number of hydrogen-bond acceptors (Lipinski definition) is 8. The molecule has 0 unspecified atom stereocenters. The van der Waals surface area contributed by atoms with E-state index in [2.05, 4.69) is 0 Å². The minimum absolute atomic E-state index is 0.0789. The fourth-order valence-corrected chi connectivity index (χ4v) is 4.91. The molecule has 0 radical (unpaired) electrons. The number of nitrogens with two attached hydrogens (primary N) is 1. The Labute approximate surface area is 259 Å². The molecule has 0 amide bonds. The average molecular weight is 614 g/mol. The van der Waals surface area contributed by atoms with E-state index < -0.39 is 5.97 Å². The van der Waals surface area contributed by atoms with Crippen LogP contribution >= 0.6 is 11.6 Å². The van der Waals surface area contributed by atoms with Gasteiger partial charge < -0.3 is 15.2 Å². The van der Waals surface area contributed by atoms with E-state index in [0.717, 1.165) is 41.6 Å². The number of rotatable bonds is 9. The predicted octanol–water partition coefficient (Wildman–Crippen LogP) is 7.39. The van der Waals surface area contributed by atoms with Gasteiger partial charge in [-0.15, -0.1) is 0 Å². The summed E-state index contributed by atoms with van der Waals surface area (Å²) in [6, 6.07) is 7.31. The molecule has 0 aliphatic heterocycles. The Bertz CT molecular complexity index is 1340. The molecule has 0 atom stereocenters. The topological polar surface area (TPSA) is 130 Å². The third kappa shape index (κ3) is 9.75. The molecule has 0 heterocycles. The van der Waals surface area contributed by atoms with Crippen LogP contribution < -0.4 is 5.73 Å². The lowest BCUT2D eigenvalue weighted by molar-refractivity contribution is -0.118. The van der Waals surface area contributed by atoms with Crippen molar-refractivity contribution in [2.45, 2.75) is 97.3 Å². The maximum atomic E-state index is 12.5. The third-order valence-electron chi connectivity index (χ3n) is 8.06. The first-order valence-electron chi connectivity index (χ1n) is 14.8. The van der Waals surface area contributed by atoms with Crippen LogP contribution in [0, 0.1) is 13.8 Å². The second kappa shape index (κ2) is 16.9. The van der Waals surface area contributed by atoms with Crippen LogP contribution in [-0.2, 0) is 19.1 Å². The van der Waals surface area contributed by atoms with Crippen molar-refractivity contribution >= 4 is 46.0 Å². The highest BCUT2D eigenvalue weighted by Crippen LogP contribution is 2.40. The number of ether oxygens (including phenoxy) is 2. The minimum Gasteiger partial charge on any atom is -0.465 e. The maximum Gasteiger partial charge on any atom is 0.338 e. The van der Waals surface area contributed by atoms with E-state index >= 15 is 0 Å². The van der Waals surface area contributed by atoms with Crippen LogP contribution in [0.15, 0.2) is 24.3 Å². The van der Waals surface area contributed by atoms with Gasteiger partial charge in [0.15, 0.2) is 5.78 Å². The van der Waals surface area contributed by atoms with E-state index in [4.69, 9.17) is 26.8 Å². The minimum atomic E-state index is -0.450. The molecule has 2 aliphatic carbocycles. The second-order valence-corrected chi connectivity index (χ2v) is 11.4. The zero-order chi connectivity index (χ0) is 32.3. The van der Waals surface area contributed by atoms with E-state index in [1.165, 1.54) is 39.0 Å². The molecule has 0 aromatic heterocycles. The molecule has 0 saturated heterocycles. The van der Waals surface area contributed by atoms with E-state index in [9.17, 15) is 24.0 Å². The van der Waals surface area contributed by atoms with Gasteiger partial charge >= 0.3 is 11.9 Å². The van der Waals surface area contributed by atoms with Crippen LogP contribution in [0.3, 0.4) is 0 Å². The van der Waals surface area contributed by atoms with Gasteiger partial charge in [0.1, 0.15) is 5.78 Å². The maximum absolute atomic E-state index is 12.5. The van der Waals surface area contributed by atoms with Crippen molar-refractivity contribution in [1.82, 2.24) is 0 Å². The highest BCUT2D eigenvalue weighted by atomic mass is 35.5.